The SMILES string of the molecule is c1ccc(NCC2COc3ccccc3O2)cc1. The molecule has 1 N–H and O–H groups in total. The number of anilines is 1. The lowest BCUT2D eigenvalue weighted by Gasteiger charge is -2.26. The molecule has 3 rings (SSSR count). The molecule has 1 aliphatic rings. The van der Waals surface area contributed by atoms with Crippen LogP contribution in [0.4, 0.5) is 5.69 Å². The lowest BCUT2D eigenvalue weighted by Crippen LogP contribution is -2.35. The van der Waals surface area contributed by atoms with E-state index in [1.807, 2.05) is 54.6 Å². The van der Waals surface area contributed by atoms with Crippen molar-refractivity contribution >= 4 is 5.69 Å². The van der Waals surface area contributed by atoms with Gasteiger partial charge in [0.2, 0.25) is 0 Å². The van der Waals surface area contributed by atoms with Crippen molar-refractivity contribution in [2.45, 2.75) is 6.10 Å². The molecule has 0 spiro atoms. The normalized spacial score (nSPS) is 17.2. The van der Waals surface area contributed by atoms with Crippen LogP contribution in [-0.4, -0.2) is 19.3 Å². The molecule has 2 aromatic rings. The minimum atomic E-state index is 0.0418. The van der Waals surface area contributed by atoms with Crippen molar-refractivity contribution in [3.8, 4) is 11.5 Å². The highest BCUT2D eigenvalue weighted by Crippen LogP contribution is 2.30. The molecule has 1 atom stereocenters. The van der Waals surface area contributed by atoms with Gasteiger partial charge in [-0.3, -0.25) is 0 Å². The van der Waals surface area contributed by atoms with Crippen molar-refractivity contribution in [3.63, 3.8) is 0 Å². The van der Waals surface area contributed by atoms with Crippen molar-refractivity contribution in [3.05, 3.63) is 54.6 Å². The van der Waals surface area contributed by atoms with Crippen LogP contribution in [0.5, 0.6) is 11.5 Å². The van der Waals surface area contributed by atoms with Crippen LogP contribution in [0.2, 0.25) is 0 Å². The summed E-state index contributed by atoms with van der Waals surface area (Å²) in [4.78, 5) is 0. The highest BCUT2D eigenvalue weighted by molar-refractivity contribution is 5.43. The summed E-state index contributed by atoms with van der Waals surface area (Å²) in [5.74, 6) is 1.65. The third-order valence-electron chi connectivity index (χ3n) is 2.88. The van der Waals surface area contributed by atoms with Crippen LogP contribution in [0.15, 0.2) is 54.6 Å². The maximum atomic E-state index is 5.87. The van der Waals surface area contributed by atoms with Gasteiger partial charge in [-0.05, 0) is 24.3 Å². The molecule has 1 aliphatic heterocycles. The molecule has 1 unspecified atom stereocenters. The first-order valence-corrected chi connectivity index (χ1v) is 6.09. The average Bonchev–Trinajstić information content (AvgIpc) is 2.46. The van der Waals surface area contributed by atoms with E-state index in [1.54, 1.807) is 0 Å². The van der Waals surface area contributed by atoms with Crippen LogP contribution in [0.3, 0.4) is 0 Å². The minimum Gasteiger partial charge on any atom is -0.486 e. The molecule has 0 radical (unpaired) electrons. The molecule has 18 heavy (non-hydrogen) atoms. The third kappa shape index (κ3) is 2.40. The number of ether oxygens (including phenoxy) is 2. The Balaban J connectivity index is 1.60. The van der Waals surface area contributed by atoms with Gasteiger partial charge in [0.1, 0.15) is 12.7 Å². The predicted molar refractivity (Wildman–Crippen MR) is 71.3 cm³/mol. The number of benzene rings is 2. The van der Waals surface area contributed by atoms with Crippen molar-refractivity contribution in [1.82, 2.24) is 0 Å². The Bertz CT molecular complexity index is 513. The van der Waals surface area contributed by atoms with E-state index >= 15 is 0 Å². The highest BCUT2D eigenvalue weighted by Gasteiger charge is 2.19. The van der Waals surface area contributed by atoms with Gasteiger partial charge in [-0.15, -0.1) is 0 Å². The molecule has 0 bridgehead atoms. The van der Waals surface area contributed by atoms with Gasteiger partial charge < -0.3 is 14.8 Å². The number of nitrogens with one attached hydrogen (secondary N) is 1. The lowest BCUT2D eigenvalue weighted by atomic mass is 10.2. The molecule has 0 saturated heterocycles. The summed E-state index contributed by atoms with van der Waals surface area (Å²) in [6, 6.07) is 17.9. The second-order valence-electron chi connectivity index (χ2n) is 4.24. The summed E-state index contributed by atoms with van der Waals surface area (Å²) in [5, 5.41) is 3.34. The van der Waals surface area contributed by atoms with E-state index in [-0.39, 0.29) is 6.10 Å². The smallest absolute Gasteiger partial charge is 0.161 e. The standard InChI is InChI=1S/C15H15NO2/c1-2-6-12(7-3-1)16-10-13-11-17-14-8-4-5-9-15(14)18-13/h1-9,13,16H,10-11H2. The van der Waals surface area contributed by atoms with Crippen LogP contribution in [0, 0.1) is 0 Å². The summed E-state index contributed by atoms with van der Waals surface area (Å²) in [7, 11) is 0. The molecule has 0 aliphatic carbocycles. The molecule has 3 nitrogen and oxygen atoms in total. The van der Waals surface area contributed by atoms with Gasteiger partial charge in [0.25, 0.3) is 0 Å². The zero-order chi connectivity index (χ0) is 12.2. The quantitative estimate of drug-likeness (QED) is 0.896. The van der Waals surface area contributed by atoms with E-state index in [9.17, 15) is 0 Å². The fourth-order valence-electron chi connectivity index (χ4n) is 1.95. The summed E-state index contributed by atoms with van der Waals surface area (Å²) in [5.41, 5.74) is 1.10. The molecule has 0 fully saturated rings. The van der Waals surface area contributed by atoms with Crippen LogP contribution in [0.25, 0.3) is 0 Å². The van der Waals surface area contributed by atoms with E-state index in [2.05, 4.69) is 5.32 Å². The largest absolute Gasteiger partial charge is 0.486 e. The molecular weight excluding hydrogens is 226 g/mol. The van der Waals surface area contributed by atoms with E-state index in [0.717, 1.165) is 23.7 Å². The first-order chi connectivity index (χ1) is 8.92. The van der Waals surface area contributed by atoms with Crippen molar-refractivity contribution < 1.29 is 9.47 Å². The maximum absolute atomic E-state index is 5.87. The van der Waals surface area contributed by atoms with Crippen LogP contribution >= 0.6 is 0 Å². The van der Waals surface area contributed by atoms with Gasteiger partial charge in [0.15, 0.2) is 11.5 Å². The predicted octanol–water partition coefficient (Wildman–Crippen LogP) is 2.94. The Morgan fingerprint density at radius 3 is 2.50 bits per heavy atom. The minimum absolute atomic E-state index is 0.0418. The van der Waals surface area contributed by atoms with Gasteiger partial charge >= 0.3 is 0 Å². The Hall–Kier alpha value is -2.16. The monoisotopic (exact) mass is 241 g/mol. The van der Waals surface area contributed by atoms with Gasteiger partial charge in [0, 0.05) is 5.69 Å². The topological polar surface area (TPSA) is 30.5 Å². The van der Waals surface area contributed by atoms with Crippen LogP contribution in [-0.2, 0) is 0 Å². The molecular formula is C15H15NO2. The highest BCUT2D eigenvalue weighted by atomic mass is 16.6. The zero-order valence-electron chi connectivity index (χ0n) is 10.0. The number of para-hydroxylation sites is 3. The number of rotatable bonds is 3. The summed E-state index contributed by atoms with van der Waals surface area (Å²) < 4.78 is 11.5. The molecule has 1 heterocycles. The second kappa shape index (κ2) is 5.00. The molecule has 92 valence electrons. The average molecular weight is 241 g/mol. The second-order valence-corrected chi connectivity index (χ2v) is 4.24. The fraction of sp³-hybridized carbons (Fsp3) is 0.200. The molecule has 0 aromatic heterocycles. The summed E-state index contributed by atoms with van der Waals surface area (Å²) >= 11 is 0. The lowest BCUT2D eigenvalue weighted by molar-refractivity contribution is 0.0998. The van der Waals surface area contributed by atoms with Gasteiger partial charge in [0.05, 0.1) is 6.54 Å². The maximum Gasteiger partial charge on any atom is 0.161 e. The van der Waals surface area contributed by atoms with Crippen molar-refractivity contribution in [2.24, 2.45) is 0 Å². The van der Waals surface area contributed by atoms with E-state index in [4.69, 9.17) is 9.47 Å². The first kappa shape index (κ1) is 11.0. The molecule has 2 aromatic carbocycles. The Morgan fingerprint density at radius 1 is 0.944 bits per heavy atom. The Labute approximate surface area is 106 Å². The first-order valence-electron chi connectivity index (χ1n) is 6.09. The number of hydrogen-bond acceptors (Lipinski definition) is 3. The molecule has 3 heteroatoms. The van der Waals surface area contributed by atoms with Crippen molar-refractivity contribution in [2.75, 3.05) is 18.5 Å². The van der Waals surface area contributed by atoms with Crippen LogP contribution < -0.4 is 14.8 Å². The Kier molecular flexibility index (Phi) is 3.05. The van der Waals surface area contributed by atoms with E-state index in [1.165, 1.54) is 0 Å². The van der Waals surface area contributed by atoms with E-state index in [0.29, 0.717) is 6.61 Å². The van der Waals surface area contributed by atoms with Crippen LogP contribution in [0.1, 0.15) is 0 Å². The number of fused-ring (bicyclic) bond motifs is 1. The summed E-state index contributed by atoms with van der Waals surface area (Å²) in [6.45, 7) is 1.31. The summed E-state index contributed by atoms with van der Waals surface area (Å²) in [6.07, 6.45) is 0.0418. The van der Waals surface area contributed by atoms with Crippen molar-refractivity contribution in [1.29, 1.82) is 0 Å². The molecule has 0 saturated carbocycles. The number of hydrogen-bond donors (Lipinski definition) is 1. The molecule has 0 amide bonds. The van der Waals surface area contributed by atoms with Gasteiger partial charge in [-0.25, -0.2) is 0 Å². The zero-order valence-corrected chi connectivity index (χ0v) is 10.0. The van der Waals surface area contributed by atoms with E-state index < -0.39 is 0 Å². The fourth-order valence-corrected chi connectivity index (χ4v) is 1.95. The third-order valence-corrected chi connectivity index (χ3v) is 2.88. The van der Waals surface area contributed by atoms with Gasteiger partial charge in [-0.2, -0.15) is 0 Å². The Morgan fingerprint density at radius 2 is 1.67 bits per heavy atom. The van der Waals surface area contributed by atoms with Gasteiger partial charge in [-0.1, -0.05) is 30.3 Å².